The lowest BCUT2D eigenvalue weighted by molar-refractivity contribution is -0.115. The van der Waals surface area contributed by atoms with E-state index in [0.717, 1.165) is 16.9 Å². The first kappa shape index (κ1) is 23.7. The molecule has 2 N–H and O–H groups in total. The molecule has 8 nitrogen and oxygen atoms in total. The lowest BCUT2D eigenvalue weighted by Crippen LogP contribution is -2.23. The zero-order valence-corrected chi connectivity index (χ0v) is 19.9. The van der Waals surface area contributed by atoms with Crippen molar-refractivity contribution in [3.8, 4) is 0 Å². The number of nitrogens with one attached hydrogen (secondary N) is 2. The Morgan fingerprint density at radius 3 is 2.56 bits per heavy atom. The molecule has 168 valence electrons. The highest BCUT2D eigenvalue weighted by Crippen LogP contribution is 2.32. The standard InChI is InChI=1S/C22H24N4O4S2/c1-5-30-20(29)18-13(3)24-21(32-18)25-17(27)11-16-12(2)23-22(26-19(16)28)31-14(4)15-9-7-6-8-10-15/h6-10,14H,5,11H2,1-4H3,(H,23,26,28)(H,24,25,27). The van der Waals surface area contributed by atoms with E-state index in [1.54, 1.807) is 20.8 Å². The summed E-state index contributed by atoms with van der Waals surface area (Å²) < 4.78 is 4.98. The van der Waals surface area contributed by atoms with Crippen molar-refractivity contribution in [2.24, 2.45) is 0 Å². The smallest absolute Gasteiger partial charge is 0.350 e. The molecular weight excluding hydrogens is 448 g/mol. The summed E-state index contributed by atoms with van der Waals surface area (Å²) in [6.07, 6.45) is -0.152. The molecule has 0 fully saturated rings. The van der Waals surface area contributed by atoms with Crippen LogP contribution in [0.4, 0.5) is 5.13 Å². The molecule has 0 saturated heterocycles. The van der Waals surface area contributed by atoms with Crippen LogP contribution in [0.2, 0.25) is 0 Å². The molecule has 32 heavy (non-hydrogen) atoms. The Balaban J connectivity index is 1.68. The SMILES string of the molecule is CCOC(=O)c1sc(NC(=O)Cc2c(C)nc(SC(C)c3ccccc3)[nH]c2=O)nc1C. The Bertz CT molecular complexity index is 1170. The van der Waals surface area contributed by atoms with Gasteiger partial charge in [-0.1, -0.05) is 53.4 Å². The van der Waals surface area contributed by atoms with Gasteiger partial charge in [-0.15, -0.1) is 0 Å². The quantitative estimate of drug-likeness (QED) is 0.289. The third-order valence-corrected chi connectivity index (χ3v) is 6.69. The summed E-state index contributed by atoms with van der Waals surface area (Å²) >= 11 is 2.49. The van der Waals surface area contributed by atoms with Crippen molar-refractivity contribution in [2.45, 2.75) is 44.5 Å². The first-order chi connectivity index (χ1) is 15.3. The molecular formula is C22H24N4O4S2. The summed E-state index contributed by atoms with van der Waals surface area (Å²) in [5.41, 5.74) is 2.04. The van der Waals surface area contributed by atoms with Crippen molar-refractivity contribution in [3.05, 3.63) is 68.1 Å². The minimum Gasteiger partial charge on any atom is -0.462 e. The second-order valence-corrected chi connectivity index (χ2v) is 9.31. The molecule has 0 radical (unpaired) electrons. The van der Waals surface area contributed by atoms with Crippen LogP contribution in [-0.2, 0) is 16.0 Å². The molecule has 0 saturated carbocycles. The molecule has 1 amide bonds. The minimum atomic E-state index is -0.475. The fraction of sp³-hybridized carbons (Fsp3) is 0.318. The summed E-state index contributed by atoms with van der Waals surface area (Å²) in [7, 11) is 0. The van der Waals surface area contributed by atoms with Crippen LogP contribution in [0, 0.1) is 13.8 Å². The maximum atomic E-state index is 12.6. The van der Waals surface area contributed by atoms with Gasteiger partial charge in [0, 0.05) is 16.5 Å². The summed E-state index contributed by atoms with van der Waals surface area (Å²) in [6.45, 7) is 7.39. The van der Waals surface area contributed by atoms with Gasteiger partial charge in [0.1, 0.15) is 4.88 Å². The Labute approximate surface area is 193 Å². The Morgan fingerprint density at radius 2 is 1.91 bits per heavy atom. The molecule has 0 bridgehead atoms. The summed E-state index contributed by atoms with van der Waals surface area (Å²) in [4.78, 5) is 48.8. The van der Waals surface area contributed by atoms with Crippen LogP contribution in [0.5, 0.6) is 0 Å². The number of carbonyl (C=O) groups is 2. The van der Waals surface area contributed by atoms with Gasteiger partial charge in [0.25, 0.3) is 5.56 Å². The molecule has 1 aromatic carbocycles. The van der Waals surface area contributed by atoms with E-state index in [0.29, 0.717) is 21.4 Å². The monoisotopic (exact) mass is 472 g/mol. The van der Waals surface area contributed by atoms with E-state index in [9.17, 15) is 14.4 Å². The highest BCUT2D eigenvalue weighted by molar-refractivity contribution is 7.99. The van der Waals surface area contributed by atoms with Gasteiger partial charge >= 0.3 is 5.97 Å². The Kier molecular flexibility index (Phi) is 7.81. The molecule has 0 spiro atoms. The number of hydrogen-bond donors (Lipinski definition) is 2. The predicted molar refractivity (Wildman–Crippen MR) is 125 cm³/mol. The molecule has 2 aromatic heterocycles. The van der Waals surface area contributed by atoms with Crippen LogP contribution >= 0.6 is 23.1 Å². The number of amides is 1. The van der Waals surface area contributed by atoms with E-state index in [2.05, 4.69) is 20.3 Å². The molecule has 1 atom stereocenters. The van der Waals surface area contributed by atoms with Gasteiger partial charge in [-0.3, -0.25) is 9.59 Å². The number of esters is 1. The topological polar surface area (TPSA) is 114 Å². The molecule has 3 aromatic rings. The van der Waals surface area contributed by atoms with Crippen LogP contribution in [-0.4, -0.2) is 33.4 Å². The highest BCUT2D eigenvalue weighted by Gasteiger charge is 2.19. The summed E-state index contributed by atoms with van der Waals surface area (Å²) in [5.74, 6) is -0.889. The molecule has 2 heterocycles. The number of H-pyrrole nitrogens is 1. The lowest BCUT2D eigenvalue weighted by Gasteiger charge is -2.12. The van der Waals surface area contributed by atoms with Gasteiger partial charge in [0.15, 0.2) is 10.3 Å². The average Bonchev–Trinajstić information content (AvgIpc) is 3.11. The van der Waals surface area contributed by atoms with Crippen molar-refractivity contribution in [3.63, 3.8) is 0 Å². The average molecular weight is 473 g/mol. The Morgan fingerprint density at radius 1 is 1.19 bits per heavy atom. The number of carbonyl (C=O) groups excluding carboxylic acids is 2. The molecule has 0 aliphatic heterocycles. The number of hydrogen-bond acceptors (Lipinski definition) is 8. The van der Waals surface area contributed by atoms with Crippen LogP contribution in [0.25, 0.3) is 0 Å². The molecule has 0 aliphatic carbocycles. The van der Waals surface area contributed by atoms with Crippen molar-refractivity contribution in [2.75, 3.05) is 11.9 Å². The number of anilines is 1. The van der Waals surface area contributed by atoms with Crippen molar-refractivity contribution in [1.29, 1.82) is 0 Å². The zero-order valence-electron chi connectivity index (χ0n) is 18.2. The van der Waals surface area contributed by atoms with E-state index in [4.69, 9.17) is 4.74 Å². The number of thiazole rings is 1. The van der Waals surface area contributed by atoms with Crippen molar-refractivity contribution >= 4 is 40.1 Å². The first-order valence-electron chi connectivity index (χ1n) is 10.0. The predicted octanol–water partition coefficient (Wildman–Crippen LogP) is 4.05. The van der Waals surface area contributed by atoms with Crippen molar-refractivity contribution < 1.29 is 14.3 Å². The number of ether oxygens (including phenoxy) is 1. The fourth-order valence-corrected chi connectivity index (χ4v) is 4.81. The van der Waals surface area contributed by atoms with Gasteiger partial charge in [0.2, 0.25) is 5.91 Å². The number of aromatic nitrogens is 3. The van der Waals surface area contributed by atoms with Gasteiger partial charge in [0.05, 0.1) is 18.7 Å². The second kappa shape index (κ2) is 10.6. The first-order valence-corrected chi connectivity index (χ1v) is 11.7. The van der Waals surface area contributed by atoms with Crippen LogP contribution < -0.4 is 10.9 Å². The van der Waals surface area contributed by atoms with Gasteiger partial charge in [-0.25, -0.2) is 14.8 Å². The fourth-order valence-electron chi connectivity index (χ4n) is 2.97. The molecule has 0 aliphatic rings. The number of aryl methyl sites for hydroxylation is 2. The van der Waals surface area contributed by atoms with E-state index >= 15 is 0 Å². The van der Waals surface area contributed by atoms with Crippen LogP contribution in [0.15, 0.2) is 40.3 Å². The molecule has 3 rings (SSSR count). The van der Waals surface area contributed by atoms with E-state index in [1.807, 2.05) is 37.3 Å². The number of rotatable bonds is 8. The number of benzene rings is 1. The summed E-state index contributed by atoms with van der Waals surface area (Å²) in [6, 6.07) is 9.93. The Hall–Kier alpha value is -2.98. The highest BCUT2D eigenvalue weighted by atomic mass is 32.2. The maximum Gasteiger partial charge on any atom is 0.350 e. The van der Waals surface area contributed by atoms with E-state index in [-0.39, 0.29) is 34.5 Å². The van der Waals surface area contributed by atoms with Crippen LogP contribution in [0.3, 0.4) is 0 Å². The lowest BCUT2D eigenvalue weighted by atomic mass is 10.1. The second-order valence-electron chi connectivity index (χ2n) is 6.98. The van der Waals surface area contributed by atoms with E-state index < -0.39 is 11.9 Å². The third kappa shape index (κ3) is 5.83. The van der Waals surface area contributed by atoms with E-state index in [1.165, 1.54) is 11.8 Å². The number of nitrogens with zero attached hydrogens (tertiary/aromatic N) is 2. The van der Waals surface area contributed by atoms with Crippen molar-refractivity contribution in [1.82, 2.24) is 15.0 Å². The maximum absolute atomic E-state index is 12.6. The molecule has 1 unspecified atom stereocenters. The van der Waals surface area contributed by atoms with Gasteiger partial charge in [-0.05, 0) is 33.3 Å². The van der Waals surface area contributed by atoms with Crippen LogP contribution in [0.1, 0.15) is 51.3 Å². The molecule has 10 heteroatoms. The number of thioether (sulfide) groups is 1. The zero-order chi connectivity index (χ0) is 23.3. The normalized spacial score (nSPS) is 11.8. The van der Waals surface area contributed by atoms with Gasteiger partial charge in [-0.2, -0.15) is 0 Å². The third-order valence-electron chi connectivity index (χ3n) is 4.60. The number of aromatic amines is 1. The minimum absolute atomic E-state index is 0.106. The van der Waals surface area contributed by atoms with Gasteiger partial charge < -0.3 is 15.0 Å². The summed E-state index contributed by atoms with van der Waals surface area (Å²) in [5, 5.41) is 3.53. The largest absolute Gasteiger partial charge is 0.462 e.